The van der Waals surface area contributed by atoms with Gasteiger partial charge in [0.1, 0.15) is 5.03 Å². The fourth-order valence-corrected chi connectivity index (χ4v) is 2.90. The number of nitrogens with two attached hydrogens (primary N) is 1. The number of aromatic nitrogens is 1. The summed E-state index contributed by atoms with van der Waals surface area (Å²) in [5, 5.41) is 2.10. The highest BCUT2D eigenvalue weighted by molar-refractivity contribution is 7.98. The van der Waals surface area contributed by atoms with Gasteiger partial charge in [0.05, 0.1) is 5.02 Å². The van der Waals surface area contributed by atoms with Crippen molar-refractivity contribution in [2.45, 2.75) is 10.8 Å². The molecule has 1 aromatic heterocycles. The quantitative estimate of drug-likeness (QED) is 0.676. The molecule has 1 heterocycles. The first-order valence-electron chi connectivity index (χ1n) is 4.94. The van der Waals surface area contributed by atoms with Crippen LogP contribution in [0.15, 0.2) is 41.6 Å². The van der Waals surface area contributed by atoms with Crippen LogP contribution in [0.4, 0.5) is 5.69 Å². The monoisotopic (exact) mass is 284 g/mol. The second-order valence-corrected chi connectivity index (χ2v) is 5.17. The summed E-state index contributed by atoms with van der Waals surface area (Å²) in [7, 11) is 0. The topological polar surface area (TPSA) is 38.9 Å². The van der Waals surface area contributed by atoms with Crippen LogP contribution >= 0.6 is 35.0 Å². The molecule has 2 N–H and O–H groups in total. The van der Waals surface area contributed by atoms with E-state index in [1.165, 1.54) is 11.8 Å². The standard InChI is InChI=1S/C12H10Cl2N2S/c13-9-3-1-5-11(15)8(9)7-17-12-10(14)4-2-6-16-12/h1-6H,7,15H2. The van der Waals surface area contributed by atoms with Crippen molar-refractivity contribution in [1.29, 1.82) is 0 Å². The molecule has 0 unspecified atom stereocenters. The van der Waals surface area contributed by atoms with Crippen molar-refractivity contribution in [2.24, 2.45) is 0 Å². The van der Waals surface area contributed by atoms with Crippen LogP contribution in [0.1, 0.15) is 5.56 Å². The van der Waals surface area contributed by atoms with Crippen LogP contribution < -0.4 is 5.73 Å². The minimum atomic E-state index is 0.642. The number of anilines is 1. The van der Waals surface area contributed by atoms with Gasteiger partial charge in [0.2, 0.25) is 0 Å². The zero-order chi connectivity index (χ0) is 12.3. The molecule has 17 heavy (non-hydrogen) atoms. The van der Waals surface area contributed by atoms with Crippen molar-refractivity contribution in [1.82, 2.24) is 4.98 Å². The SMILES string of the molecule is Nc1cccc(Cl)c1CSc1ncccc1Cl. The van der Waals surface area contributed by atoms with Crippen LogP contribution in [0, 0.1) is 0 Å². The van der Waals surface area contributed by atoms with Gasteiger partial charge in [-0.25, -0.2) is 4.98 Å². The lowest BCUT2D eigenvalue weighted by Gasteiger charge is -2.07. The Bertz CT molecular complexity index is 511. The number of halogens is 2. The Balaban J connectivity index is 2.16. The Hall–Kier alpha value is -0.900. The lowest BCUT2D eigenvalue weighted by Crippen LogP contribution is -1.93. The predicted molar refractivity (Wildman–Crippen MR) is 74.7 cm³/mol. The molecule has 0 fully saturated rings. The predicted octanol–water partition coefficient (Wildman–Crippen LogP) is 4.26. The first-order valence-corrected chi connectivity index (χ1v) is 6.69. The van der Waals surface area contributed by atoms with Crippen molar-refractivity contribution in [2.75, 3.05) is 5.73 Å². The number of benzene rings is 1. The minimum absolute atomic E-state index is 0.642. The molecule has 0 aliphatic carbocycles. The number of hydrogen-bond donors (Lipinski definition) is 1. The molecule has 2 nitrogen and oxygen atoms in total. The molecule has 0 aliphatic rings. The summed E-state index contributed by atoms with van der Waals surface area (Å²) in [6, 6.07) is 9.11. The van der Waals surface area contributed by atoms with E-state index in [1.807, 2.05) is 24.3 Å². The third-order valence-corrected chi connectivity index (χ3v) is 4.04. The Labute approximate surface area is 114 Å². The molecule has 0 atom stereocenters. The second-order valence-electron chi connectivity index (χ2n) is 3.39. The van der Waals surface area contributed by atoms with E-state index in [1.54, 1.807) is 12.3 Å². The summed E-state index contributed by atoms with van der Waals surface area (Å²) in [6.07, 6.45) is 1.71. The number of hydrogen-bond acceptors (Lipinski definition) is 3. The zero-order valence-corrected chi connectivity index (χ0v) is 11.2. The van der Waals surface area contributed by atoms with Crippen molar-refractivity contribution < 1.29 is 0 Å². The lowest BCUT2D eigenvalue weighted by atomic mass is 10.2. The Morgan fingerprint density at radius 2 is 1.88 bits per heavy atom. The molecule has 0 saturated heterocycles. The van der Waals surface area contributed by atoms with Gasteiger partial charge in [-0.2, -0.15) is 0 Å². The van der Waals surface area contributed by atoms with Gasteiger partial charge in [0.25, 0.3) is 0 Å². The summed E-state index contributed by atoms with van der Waals surface area (Å²) >= 11 is 13.6. The van der Waals surface area contributed by atoms with Gasteiger partial charge < -0.3 is 5.73 Å². The van der Waals surface area contributed by atoms with Gasteiger partial charge in [-0.3, -0.25) is 0 Å². The van der Waals surface area contributed by atoms with E-state index in [-0.39, 0.29) is 0 Å². The van der Waals surface area contributed by atoms with Crippen molar-refractivity contribution in [3.63, 3.8) is 0 Å². The molecular formula is C12H10Cl2N2S. The Morgan fingerprint density at radius 3 is 2.59 bits per heavy atom. The van der Waals surface area contributed by atoms with Crippen LogP contribution in [-0.4, -0.2) is 4.98 Å². The highest BCUT2D eigenvalue weighted by atomic mass is 35.5. The Kier molecular flexibility index (Phi) is 4.15. The van der Waals surface area contributed by atoms with E-state index >= 15 is 0 Å². The van der Waals surface area contributed by atoms with Gasteiger partial charge in [-0.05, 0) is 24.3 Å². The molecule has 2 rings (SSSR count). The van der Waals surface area contributed by atoms with E-state index in [0.29, 0.717) is 21.5 Å². The number of rotatable bonds is 3. The third kappa shape index (κ3) is 3.06. The van der Waals surface area contributed by atoms with Gasteiger partial charge in [-0.15, -0.1) is 11.8 Å². The van der Waals surface area contributed by atoms with Crippen LogP contribution in [-0.2, 0) is 5.75 Å². The van der Waals surface area contributed by atoms with Gasteiger partial charge in [0, 0.05) is 28.2 Å². The maximum absolute atomic E-state index is 6.09. The fourth-order valence-electron chi connectivity index (χ4n) is 1.35. The summed E-state index contributed by atoms with van der Waals surface area (Å²) in [5.41, 5.74) is 7.48. The minimum Gasteiger partial charge on any atom is -0.398 e. The van der Waals surface area contributed by atoms with E-state index in [0.717, 1.165) is 10.6 Å². The van der Waals surface area contributed by atoms with Crippen molar-refractivity contribution >= 4 is 40.7 Å². The van der Waals surface area contributed by atoms with Crippen LogP contribution in [0.5, 0.6) is 0 Å². The molecular weight excluding hydrogens is 275 g/mol. The second kappa shape index (κ2) is 5.63. The maximum Gasteiger partial charge on any atom is 0.115 e. The average molecular weight is 285 g/mol. The largest absolute Gasteiger partial charge is 0.398 e. The lowest BCUT2D eigenvalue weighted by molar-refractivity contribution is 1.13. The average Bonchev–Trinajstić information content (AvgIpc) is 2.30. The summed E-state index contributed by atoms with van der Waals surface area (Å²) in [6.45, 7) is 0. The van der Waals surface area contributed by atoms with Crippen molar-refractivity contribution in [3.8, 4) is 0 Å². The van der Waals surface area contributed by atoms with Crippen molar-refractivity contribution in [3.05, 3.63) is 52.1 Å². The number of pyridine rings is 1. The van der Waals surface area contributed by atoms with E-state index < -0.39 is 0 Å². The molecule has 0 saturated carbocycles. The van der Waals surface area contributed by atoms with Gasteiger partial charge in [0.15, 0.2) is 0 Å². The smallest absolute Gasteiger partial charge is 0.115 e. The first-order chi connectivity index (χ1) is 8.18. The third-order valence-electron chi connectivity index (χ3n) is 2.23. The molecule has 1 aromatic carbocycles. The molecule has 0 bridgehead atoms. The number of thioether (sulfide) groups is 1. The normalized spacial score (nSPS) is 10.5. The van der Waals surface area contributed by atoms with E-state index in [9.17, 15) is 0 Å². The maximum atomic E-state index is 6.09. The van der Waals surface area contributed by atoms with Crippen LogP contribution in [0.2, 0.25) is 10.0 Å². The first kappa shape index (κ1) is 12.6. The molecule has 0 spiro atoms. The Morgan fingerprint density at radius 1 is 1.12 bits per heavy atom. The molecule has 88 valence electrons. The van der Waals surface area contributed by atoms with Crippen LogP contribution in [0.25, 0.3) is 0 Å². The molecule has 0 radical (unpaired) electrons. The van der Waals surface area contributed by atoms with Gasteiger partial charge in [-0.1, -0.05) is 29.3 Å². The molecule has 5 heteroatoms. The van der Waals surface area contributed by atoms with E-state index in [2.05, 4.69) is 4.98 Å². The summed E-state index contributed by atoms with van der Waals surface area (Å²) in [4.78, 5) is 4.20. The summed E-state index contributed by atoms with van der Waals surface area (Å²) < 4.78 is 0. The number of nitrogen functional groups attached to an aromatic ring is 1. The van der Waals surface area contributed by atoms with E-state index in [4.69, 9.17) is 28.9 Å². The van der Waals surface area contributed by atoms with Gasteiger partial charge >= 0.3 is 0 Å². The molecule has 2 aromatic rings. The van der Waals surface area contributed by atoms with Crippen LogP contribution in [0.3, 0.4) is 0 Å². The molecule has 0 aliphatic heterocycles. The summed E-state index contributed by atoms with van der Waals surface area (Å²) in [5.74, 6) is 0.655. The highest BCUT2D eigenvalue weighted by Crippen LogP contribution is 2.32. The zero-order valence-electron chi connectivity index (χ0n) is 8.86. The fraction of sp³-hybridized carbons (Fsp3) is 0.0833. The number of nitrogens with zero attached hydrogens (tertiary/aromatic N) is 1. The molecule has 0 amide bonds. The highest BCUT2D eigenvalue weighted by Gasteiger charge is 2.07.